The standard InChI is InChI=1S/C13H14N2OS/c1-2-7-16-12-5-3-10(4-6-12)8-11(9-14)13(15)17/h3-6,8H,2,7H2,1H3,(H2,15,17)/b11-8-. The Morgan fingerprint density at radius 1 is 1.47 bits per heavy atom. The zero-order chi connectivity index (χ0) is 12.7. The molecule has 1 aromatic rings. The molecule has 0 aromatic heterocycles. The number of benzene rings is 1. The van der Waals surface area contributed by atoms with E-state index in [0.29, 0.717) is 12.2 Å². The summed E-state index contributed by atoms with van der Waals surface area (Å²) in [6.45, 7) is 2.75. The third-order valence-electron chi connectivity index (χ3n) is 2.05. The Morgan fingerprint density at radius 2 is 2.12 bits per heavy atom. The molecular formula is C13H14N2OS. The van der Waals surface area contributed by atoms with E-state index in [0.717, 1.165) is 17.7 Å². The first kappa shape index (κ1) is 13.2. The lowest BCUT2D eigenvalue weighted by molar-refractivity contribution is 0.317. The van der Waals surface area contributed by atoms with Crippen LogP contribution in [0.1, 0.15) is 18.9 Å². The van der Waals surface area contributed by atoms with Crippen LogP contribution in [0.25, 0.3) is 6.08 Å². The second kappa shape index (κ2) is 6.66. The zero-order valence-corrected chi connectivity index (χ0v) is 10.5. The Labute approximate surface area is 107 Å². The van der Waals surface area contributed by atoms with E-state index in [1.165, 1.54) is 0 Å². The first-order valence-corrected chi connectivity index (χ1v) is 5.72. The van der Waals surface area contributed by atoms with Gasteiger partial charge in [-0.2, -0.15) is 5.26 Å². The van der Waals surface area contributed by atoms with Gasteiger partial charge in [-0.3, -0.25) is 0 Å². The predicted molar refractivity (Wildman–Crippen MR) is 72.6 cm³/mol. The molecule has 0 saturated heterocycles. The van der Waals surface area contributed by atoms with Gasteiger partial charge in [0.15, 0.2) is 0 Å². The maximum atomic E-state index is 8.82. The summed E-state index contributed by atoms with van der Waals surface area (Å²) in [5.74, 6) is 0.817. The van der Waals surface area contributed by atoms with Crippen molar-refractivity contribution in [1.82, 2.24) is 0 Å². The maximum absolute atomic E-state index is 8.82. The molecule has 4 heteroatoms. The van der Waals surface area contributed by atoms with Crippen LogP contribution in [-0.4, -0.2) is 11.6 Å². The van der Waals surface area contributed by atoms with E-state index in [1.54, 1.807) is 6.08 Å². The molecular weight excluding hydrogens is 232 g/mol. The average molecular weight is 246 g/mol. The molecule has 0 amide bonds. The molecule has 3 nitrogen and oxygen atoms in total. The third kappa shape index (κ3) is 4.25. The number of ether oxygens (including phenoxy) is 1. The van der Waals surface area contributed by atoms with Crippen LogP contribution in [0.15, 0.2) is 29.8 Å². The van der Waals surface area contributed by atoms with Gasteiger partial charge in [0.05, 0.1) is 12.2 Å². The first-order valence-electron chi connectivity index (χ1n) is 5.32. The molecule has 0 radical (unpaired) electrons. The maximum Gasteiger partial charge on any atom is 0.119 e. The van der Waals surface area contributed by atoms with Gasteiger partial charge in [0.25, 0.3) is 0 Å². The van der Waals surface area contributed by atoms with Crippen LogP contribution in [0.3, 0.4) is 0 Å². The molecule has 0 atom stereocenters. The summed E-state index contributed by atoms with van der Waals surface area (Å²) in [4.78, 5) is 0.110. The number of nitrogens with two attached hydrogens (primary N) is 1. The zero-order valence-electron chi connectivity index (χ0n) is 9.64. The van der Waals surface area contributed by atoms with Gasteiger partial charge < -0.3 is 10.5 Å². The third-order valence-corrected chi connectivity index (χ3v) is 2.27. The summed E-state index contributed by atoms with van der Waals surface area (Å²) in [7, 11) is 0. The van der Waals surface area contributed by atoms with E-state index in [9.17, 15) is 0 Å². The minimum absolute atomic E-state index is 0.110. The van der Waals surface area contributed by atoms with Gasteiger partial charge >= 0.3 is 0 Å². The Morgan fingerprint density at radius 3 is 2.59 bits per heavy atom. The van der Waals surface area contributed by atoms with E-state index in [-0.39, 0.29) is 4.99 Å². The Kier molecular flexibility index (Phi) is 5.18. The largest absolute Gasteiger partial charge is 0.494 e. The lowest BCUT2D eigenvalue weighted by Gasteiger charge is -2.04. The van der Waals surface area contributed by atoms with E-state index >= 15 is 0 Å². The van der Waals surface area contributed by atoms with Crippen LogP contribution in [0.4, 0.5) is 0 Å². The fourth-order valence-electron chi connectivity index (χ4n) is 1.21. The molecule has 0 bridgehead atoms. The van der Waals surface area contributed by atoms with Gasteiger partial charge in [0, 0.05) is 0 Å². The molecule has 0 saturated carbocycles. The molecule has 88 valence electrons. The number of nitriles is 1. The molecule has 0 aliphatic rings. The average Bonchev–Trinajstić information content (AvgIpc) is 2.34. The van der Waals surface area contributed by atoms with Gasteiger partial charge in [-0.25, -0.2) is 0 Å². The Hall–Kier alpha value is -1.86. The van der Waals surface area contributed by atoms with Crippen LogP contribution in [0.5, 0.6) is 5.75 Å². The monoisotopic (exact) mass is 246 g/mol. The lowest BCUT2D eigenvalue weighted by atomic mass is 10.1. The Bertz CT molecular complexity index is 457. The summed E-state index contributed by atoms with van der Waals surface area (Å²) >= 11 is 4.76. The van der Waals surface area contributed by atoms with Crippen molar-refractivity contribution in [2.24, 2.45) is 5.73 Å². The van der Waals surface area contributed by atoms with Crippen molar-refractivity contribution in [3.05, 3.63) is 35.4 Å². The molecule has 17 heavy (non-hydrogen) atoms. The summed E-state index contributed by atoms with van der Waals surface area (Å²) in [6.07, 6.45) is 2.63. The molecule has 0 spiro atoms. The second-order valence-electron chi connectivity index (χ2n) is 3.45. The van der Waals surface area contributed by atoms with Crippen LogP contribution in [-0.2, 0) is 0 Å². The lowest BCUT2D eigenvalue weighted by Crippen LogP contribution is -2.09. The molecule has 1 aromatic carbocycles. The normalized spacial score (nSPS) is 10.7. The number of rotatable bonds is 5. The highest BCUT2D eigenvalue weighted by molar-refractivity contribution is 7.80. The number of hydrogen-bond donors (Lipinski definition) is 1. The molecule has 0 aliphatic heterocycles. The minimum Gasteiger partial charge on any atom is -0.494 e. The van der Waals surface area contributed by atoms with Crippen molar-refractivity contribution in [2.75, 3.05) is 6.61 Å². The highest BCUT2D eigenvalue weighted by Gasteiger charge is 1.99. The van der Waals surface area contributed by atoms with Crippen molar-refractivity contribution in [2.45, 2.75) is 13.3 Å². The minimum atomic E-state index is 0.110. The Balaban J connectivity index is 2.81. The van der Waals surface area contributed by atoms with Crippen LogP contribution >= 0.6 is 12.2 Å². The van der Waals surface area contributed by atoms with E-state index in [1.807, 2.05) is 30.3 Å². The quantitative estimate of drug-likeness (QED) is 0.493. The number of thiocarbonyl (C=S) groups is 1. The second-order valence-corrected chi connectivity index (χ2v) is 3.89. The molecule has 2 N–H and O–H groups in total. The fourth-order valence-corrected chi connectivity index (χ4v) is 1.31. The van der Waals surface area contributed by atoms with Crippen molar-refractivity contribution < 1.29 is 4.74 Å². The first-order chi connectivity index (χ1) is 8.17. The topological polar surface area (TPSA) is 59.0 Å². The smallest absolute Gasteiger partial charge is 0.119 e. The van der Waals surface area contributed by atoms with Crippen molar-refractivity contribution in [3.8, 4) is 11.8 Å². The fraction of sp³-hybridized carbons (Fsp3) is 0.231. The van der Waals surface area contributed by atoms with Gasteiger partial charge in [0.1, 0.15) is 16.8 Å². The highest BCUT2D eigenvalue weighted by atomic mass is 32.1. The van der Waals surface area contributed by atoms with Crippen LogP contribution in [0, 0.1) is 11.3 Å². The summed E-state index contributed by atoms with van der Waals surface area (Å²) in [5.41, 5.74) is 6.59. The highest BCUT2D eigenvalue weighted by Crippen LogP contribution is 2.14. The van der Waals surface area contributed by atoms with Crippen molar-refractivity contribution in [3.63, 3.8) is 0 Å². The van der Waals surface area contributed by atoms with Crippen molar-refractivity contribution >= 4 is 23.3 Å². The van der Waals surface area contributed by atoms with Gasteiger partial charge in [0.2, 0.25) is 0 Å². The molecule has 1 rings (SSSR count). The molecule has 0 fully saturated rings. The molecule has 0 heterocycles. The van der Waals surface area contributed by atoms with Gasteiger partial charge in [-0.1, -0.05) is 31.3 Å². The predicted octanol–water partition coefficient (Wildman–Crippen LogP) is 2.67. The van der Waals surface area contributed by atoms with E-state index < -0.39 is 0 Å². The molecule has 0 aliphatic carbocycles. The number of hydrogen-bond acceptors (Lipinski definition) is 3. The summed E-state index contributed by atoms with van der Waals surface area (Å²) in [6, 6.07) is 9.40. The summed E-state index contributed by atoms with van der Waals surface area (Å²) in [5, 5.41) is 8.82. The van der Waals surface area contributed by atoms with Crippen LogP contribution < -0.4 is 10.5 Å². The van der Waals surface area contributed by atoms with E-state index in [4.69, 9.17) is 28.0 Å². The molecule has 0 unspecified atom stereocenters. The van der Waals surface area contributed by atoms with E-state index in [2.05, 4.69) is 6.92 Å². The SMILES string of the molecule is CCCOc1ccc(/C=C(/C#N)C(N)=S)cc1. The van der Waals surface area contributed by atoms with Crippen molar-refractivity contribution in [1.29, 1.82) is 5.26 Å². The van der Waals surface area contributed by atoms with Gasteiger partial charge in [-0.15, -0.1) is 0 Å². The summed E-state index contributed by atoms with van der Waals surface area (Å²) < 4.78 is 5.45. The van der Waals surface area contributed by atoms with Crippen LogP contribution in [0.2, 0.25) is 0 Å². The number of nitrogens with zero attached hydrogens (tertiary/aromatic N) is 1. The van der Waals surface area contributed by atoms with Gasteiger partial charge in [-0.05, 0) is 30.2 Å².